The van der Waals surface area contributed by atoms with Gasteiger partial charge in [0.1, 0.15) is 0 Å². The van der Waals surface area contributed by atoms with Gasteiger partial charge in [-0.3, -0.25) is 0 Å². The summed E-state index contributed by atoms with van der Waals surface area (Å²) in [5, 5.41) is 8.55. The molecule has 0 aliphatic heterocycles. The molecule has 0 aliphatic carbocycles. The lowest BCUT2D eigenvalue weighted by atomic mass is 10.0. The maximum atomic E-state index is 8.55. The molecule has 0 amide bonds. The van der Waals surface area contributed by atoms with Crippen LogP contribution in [0.15, 0.2) is 12.7 Å². The van der Waals surface area contributed by atoms with Gasteiger partial charge in [0, 0.05) is 6.61 Å². The Bertz CT molecular complexity index is 63.0. The first-order valence-electron chi connectivity index (χ1n) is 3.58. The van der Waals surface area contributed by atoms with Crippen LogP contribution in [0.4, 0.5) is 0 Å². The van der Waals surface area contributed by atoms with Gasteiger partial charge in [0.05, 0.1) is 0 Å². The zero-order valence-corrected chi connectivity index (χ0v) is 6.14. The zero-order valence-electron chi connectivity index (χ0n) is 6.14. The minimum atomic E-state index is 0.288. The van der Waals surface area contributed by atoms with Gasteiger partial charge >= 0.3 is 0 Å². The summed E-state index contributed by atoms with van der Waals surface area (Å²) >= 11 is 0. The van der Waals surface area contributed by atoms with Crippen LogP contribution in [0.3, 0.4) is 0 Å². The molecule has 0 unspecified atom stereocenters. The molecule has 0 spiro atoms. The van der Waals surface area contributed by atoms with Crippen LogP contribution in [0.2, 0.25) is 0 Å². The van der Waals surface area contributed by atoms with E-state index in [-0.39, 0.29) is 6.61 Å². The van der Waals surface area contributed by atoms with E-state index in [1.165, 1.54) is 6.42 Å². The second-order valence-corrected chi connectivity index (χ2v) is 2.30. The molecule has 0 heterocycles. The standard InChI is InChI=1S/C8H16O/c1-3-5-8(4-2)6-7-9/h4,8-9H,2-3,5-7H2,1H3/t8-/m1/s1. The normalized spacial score (nSPS) is 13.1. The van der Waals surface area contributed by atoms with Gasteiger partial charge in [-0.05, 0) is 18.8 Å². The van der Waals surface area contributed by atoms with Crippen LogP contribution < -0.4 is 0 Å². The van der Waals surface area contributed by atoms with Crippen molar-refractivity contribution in [2.75, 3.05) is 6.61 Å². The van der Waals surface area contributed by atoms with Crippen molar-refractivity contribution in [3.8, 4) is 0 Å². The number of allylic oxidation sites excluding steroid dienone is 1. The number of aliphatic hydroxyl groups is 1. The topological polar surface area (TPSA) is 20.2 Å². The van der Waals surface area contributed by atoms with E-state index in [2.05, 4.69) is 13.5 Å². The summed E-state index contributed by atoms with van der Waals surface area (Å²) in [7, 11) is 0. The van der Waals surface area contributed by atoms with Crippen molar-refractivity contribution in [1.29, 1.82) is 0 Å². The highest BCUT2D eigenvalue weighted by Gasteiger charge is 1.99. The van der Waals surface area contributed by atoms with Crippen LogP contribution in [-0.2, 0) is 0 Å². The molecule has 0 aromatic heterocycles. The number of rotatable bonds is 5. The Morgan fingerprint density at radius 3 is 2.56 bits per heavy atom. The highest BCUT2D eigenvalue weighted by atomic mass is 16.3. The SMILES string of the molecule is C=C[C@H](CCC)CCO. The third kappa shape index (κ3) is 4.22. The Morgan fingerprint density at radius 2 is 2.22 bits per heavy atom. The average Bonchev–Trinajstić information content (AvgIpc) is 1.88. The van der Waals surface area contributed by atoms with Gasteiger partial charge in [0.2, 0.25) is 0 Å². The van der Waals surface area contributed by atoms with Gasteiger partial charge in [-0.25, -0.2) is 0 Å². The van der Waals surface area contributed by atoms with Gasteiger partial charge < -0.3 is 5.11 Å². The van der Waals surface area contributed by atoms with E-state index in [1.54, 1.807) is 0 Å². The molecule has 9 heavy (non-hydrogen) atoms. The molecule has 0 aliphatic rings. The Kier molecular flexibility index (Phi) is 5.64. The predicted molar refractivity (Wildman–Crippen MR) is 40.3 cm³/mol. The van der Waals surface area contributed by atoms with Crippen LogP contribution >= 0.6 is 0 Å². The maximum absolute atomic E-state index is 8.55. The Hall–Kier alpha value is -0.300. The third-order valence-electron chi connectivity index (χ3n) is 1.49. The molecule has 0 aromatic rings. The summed E-state index contributed by atoms with van der Waals surface area (Å²) in [5.41, 5.74) is 0. The molecule has 0 fully saturated rings. The van der Waals surface area contributed by atoms with Crippen molar-refractivity contribution in [3.63, 3.8) is 0 Å². The Balaban J connectivity index is 3.29. The molecule has 1 heteroatoms. The van der Waals surface area contributed by atoms with Crippen LogP contribution in [0.1, 0.15) is 26.2 Å². The highest BCUT2D eigenvalue weighted by molar-refractivity contribution is 4.77. The van der Waals surface area contributed by atoms with Gasteiger partial charge in [0.15, 0.2) is 0 Å². The van der Waals surface area contributed by atoms with E-state index >= 15 is 0 Å². The van der Waals surface area contributed by atoms with E-state index in [9.17, 15) is 0 Å². The van der Waals surface area contributed by atoms with Gasteiger partial charge in [0.25, 0.3) is 0 Å². The first-order valence-corrected chi connectivity index (χ1v) is 3.58. The fourth-order valence-electron chi connectivity index (χ4n) is 0.917. The lowest BCUT2D eigenvalue weighted by Crippen LogP contribution is -1.97. The molecule has 0 aromatic carbocycles. The van der Waals surface area contributed by atoms with Crippen molar-refractivity contribution in [3.05, 3.63) is 12.7 Å². The molecule has 1 nitrogen and oxygen atoms in total. The van der Waals surface area contributed by atoms with Crippen molar-refractivity contribution in [2.45, 2.75) is 26.2 Å². The van der Waals surface area contributed by atoms with Crippen molar-refractivity contribution in [1.82, 2.24) is 0 Å². The number of aliphatic hydroxyl groups excluding tert-OH is 1. The Labute approximate surface area is 57.4 Å². The molecule has 0 bridgehead atoms. The quantitative estimate of drug-likeness (QED) is 0.561. The zero-order chi connectivity index (χ0) is 7.11. The summed E-state index contributed by atoms with van der Waals surface area (Å²) in [6.45, 7) is 6.12. The second kappa shape index (κ2) is 5.83. The van der Waals surface area contributed by atoms with Gasteiger partial charge in [-0.2, -0.15) is 0 Å². The van der Waals surface area contributed by atoms with Gasteiger partial charge in [-0.1, -0.05) is 19.4 Å². The monoisotopic (exact) mass is 128 g/mol. The maximum Gasteiger partial charge on any atom is 0.0436 e. The molecule has 0 saturated heterocycles. The average molecular weight is 128 g/mol. The molecule has 0 saturated carbocycles. The smallest absolute Gasteiger partial charge is 0.0436 e. The first kappa shape index (κ1) is 8.70. The molecular formula is C8H16O. The minimum Gasteiger partial charge on any atom is -0.396 e. The highest BCUT2D eigenvalue weighted by Crippen LogP contribution is 2.10. The summed E-state index contributed by atoms with van der Waals surface area (Å²) in [6, 6.07) is 0. The predicted octanol–water partition coefficient (Wildman–Crippen LogP) is 1.97. The summed E-state index contributed by atoms with van der Waals surface area (Å²) in [6.07, 6.45) is 5.14. The summed E-state index contributed by atoms with van der Waals surface area (Å²) < 4.78 is 0. The van der Waals surface area contributed by atoms with Crippen molar-refractivity contribution in [2.24, 2.45) is 5.92 Å². The van der Waals surface area contributed by atoms with E-state index in [0.717, 1.165) is 12.8 Å². The van der Waals surface area contributed by atoms with Crippen LogP contribution in [0.5, 0.6) is 0 Å². The molecule has 54 valence electrons. The second-order valence-electron chi connectivity index (χ2n) is 2.30. The lowest BCUT2D eigenvalue weighted by molar-refractivity contribution is 0.266. The fourth-order valence-corrected chi connectivity index (χ4v) is 0.917. The molecule has 0 radical (unpaired) electrons. The molecule has 1 atom stereocenters. The summed E-state index contributed by atoms with van der Waals surface area (Å²) in [4.78, 5) is 0. The first-order chi connectivity index (χ1) is 4.35. The molecule has 0 rings (SSSR count). The van der Waals surface area contributed by atoms with Crippen LogP contribution in [0.25, 0.3) is 0 Å². The lowest BCUT2D eigenvalue weighted by Gasteiger charge is -2.06. The van der Waals surface area contributed by atoms with E-state index in [1.807, 2.05) is 6.08 Å². The van der Waals surface area contributed by atoms with Crippen LogP contribution in [0, 0.1) is 5.92 Å². The van der Waals surface area contributed by atoms with E-state index in [4.69, 9.17) is 5.11 Å². The number of hydrogen-bond donors (Lipinski definition) is 1. The van der Waals surface area contributed by atoms with E-state index < -0.39 is 0 Å². The van der Waals surface area contributed by atoms with Crippen molar-refractivity contribution >= 4 is 0 Å². The third-order valence-corrected chi connectivity index (χ3v) is 1.49. The molecular weight excluding hydrogens is 112 g/mol. The van der Waals surface area contributed by atoms with Crippen LogP contribution in [-0.4, -0.2) is 11.7 Å². The number of hydrogen-bond acceptors (Lipinski definition) is 1. The fraction of sp³-hybridized carbons (Fsp3) is 0.750. The minimum absolute atomic E-state index is 0.288. The Morgan fingerprint density at radius 1 is 1.56 bits per heavy atom. The summed E-state index contributed by atoms with van der Waals surface area (Å²) in [5.74, 6) is 0.528. The largest absolute Gasteiger partial charge is 0.396 e. The van der Waals surface area contributed by atoms with Crippen molar-refractivity contribution < 1.29 is 5.11 Å². The van der Waals surface area contributed by atoms with E-state index in [0.29, 0.717) is 5.92 Å². The van der Waals surface area contributed by atoms with Gasteiger partial charge in [-0.15, -0.1) is 6.58 Å². The molecule has 1 N–H and O–H groups in total.